The van der Waals surface area contributed by atoms with Crippen LogP contribution in [0.3, 0.4) is 0 Å². The molecular formula is C12H15NOSe. The topological polar surface area (TPSA) is 12.5 Å². The molecule has 3 heteroatoms. The monoisotopic (exact) mass is 269 g/mol. The molecule has 0 aromatic heterocycles. The van der Waals surface area contributed by atoms with Crippen LogP contribution in [0.4, 0.5) is 0 Å². The Balaban J connectivity index is 1.79. The van der Waals surface area contributed by atoms with Gasteiger partial charge in [0.05, 0.1) is 0 Å². The zero-order valence-corrected chi connectivity index (χ0v) is 10.3. The van der Waals surface area contributed by atoms with E-state index in [-0.39, 0.29) is 0 Å². The van der Waals surface area contributed by atoms with Crippen LogP contribution in [-0.2, 0) is 4.74 Å². The molecule has 2 rings (SSSR count). The van der Waals surface area contributed by atoms with Gasteiger partial charge in [0.1, 0.15) is 0 Å². The fourth-order valence-corrected chi connectivity index (χ4v) is 2.90. The summed E-state index contributed by atoms with van der Waals surface area (Å²) in [7, 11) is 0. The van der Waals surface area contributed by atoms with Crippen LogP contribution in [0.15, 0.2) is 41.5 Å². The first kappa shape index (κ1) is 10.7. The van der Waals surface area contributed by atoms with Gasteiger partial charge in [-0.1, -0.05) is 0 Å². The van der Waals surface area contributed by atoms with Gasteiger partial charge in [-0.05, 0) is 0 Å². The molecule has 0 unspecified atom stereocenters. The Bertz CT molecular complexity index is 307. The number of hydrogen-bond acceptors (Lipinski definition) is 2. The van der Waals surface area contributed by atoms with Crippen molar-refractivity contribution in [3.63, 3.8) is 0 Å². The third kappa shape index (κ3) is 3.71. The van der Waals surface area contributed by atoms with E-state index in [1.165, 1.54) is 4.46 Å². The molecule has 0 bridgehead atoms. The molecule has 80 valence electrons. The Morgan fingerprint density at radius 2 is 1.87 bits per heavy atom. The van der Waals surface area contributed by atoms with Gasteiger partial charge in [-0.25, -0.2) is 0 Å². The molecule has 0 atom stereocenters. The van der Waals surface area contributed by atoms with Gasteiger partial charge in [0, 0.05) is 0 Å². The SMILES string of the molecule is C(=C/N1CCOCC1)/[Se]c1ccccc1. The van der Waals surface area contributed by atoms with Crippen LogP contribution >= 0.6 is 0 Å². The summed E-state index contributed by atoms with van der Waals surface area (Å²) in [6, 6.07) is 10.6. The summed E-state index contributed by atoms with van der Waals surface area (Å²) in [5.74, 6) is 0. The van der Waals surface area contributed by atoms with Crippen LogP contribution in [0.2, 0.25) is 0 Å². The molecular weight excluding hydrogens is 253 g/mol. The molecule has 0 spiro atoms. The molecule has 1 fully saturated rings. The molecule has 0 saturated carbocycles. The van der Waals surface area contributed by atoms with Gasteiger partial charge in [0.2, 0.25) is 0 Å². The Labute approximate surface area is 97.1 Å². The molecule has 1 aliphatic heterocycles. The van der Waals surface area contributed by atoms with Crippen LogP contribution < -0.4 is 4.46 Å². The molecule has 0 radical (unpaired) electrons. The van der Waals surface area contributed by atoms with Crippen LogP contribution in [-0.4, -0.2) is 46.2 Å². The van der Waals surface area contributed by atoms with E-state index in [4.69, 9.17) is 4.74 Å². The van der Waals surface area contributed by atoms with Crippen molar-refractivity contribution in [3.8, 4) is 0 Å². The summed E-state index contributed by atoms with van der Waals surface area (Å²) in [6.07, 6.45) is 2.22. The number of rotatable bonds is 3. The minimum absolute atomic E-state index is 0.458. The minimum atomic E-state index is 0.458. The van der Waals surface area contributed by atoms with Crippen molar-refractivity contribution in [2.24, 2.45) is 0 Å². The zero-order chi connectivity index (χ0) is 10.3. The van der Waals surface area contributed by atoms with Gasteiger partial charge in [0.15, 0.2) is 0 Å². The van der Waals surface area contributed by atoms with Crippen LogP contribution in [0.5, 0.6) is 0 Å². The third-order valence-corrected chi connectivity index (χ3v) is 3.95. The molecule has 1 saturated heterocycles. The first-order chi connectivity index (χ1) is 7.45. The Hall–Kier alpha value is -0.761. The Kier molecular flexibility index (Phi) is 4.27. The van der Waals surface area contributed by atoms with E-state index in [0.717, 1.165) is 26.3 Å². The number of ether oxygens (including phenoxy) is 1. The first-order valence-electron chi connectivity index (χ1n) is 5.15. The van der Waals surface area contributed by atoms with Gasteiger partial charge in [-0.3, -0.25) is 0 Å². The Morgan fingerprint density at radius 1 is 1.13 bits per heavy atom. The summed E-state index contributed by atoms with van der Waals surface area (Å²) in [5, 5.41) is 0. The van der Waals surface area contributed by atoms with Gasteiger partial charge in [0.25, 0.3) is 0 Å². The molecule has 1 aromatic carbocycles. The van der Waals surface area contributed by atoms with E-state index in [0.29, 0.717) is 15.0 Å². The van der Waals surface area contributed by atoms with Crippen molar-refractivity contribution in [2.45, 2.75) is 0 Å². The maximum absolute atomic E-state index is 5.29. The van der Waals surface area contributed by atoms with Crippen LogP contribution in [0, 0.1) is 0 Å². The van der Waals surface area contributed by atoms with E-state index in [1.807, 2.05) is 0 Å². The fourth-order valence-electron chi connectivity index (χ4n) is 1.42. The second kappa shape index (κ2) is 5.96. The molecule has 1 heterocycles. The van der Waals surface area contributed by atoms with Gasteiger partial charge < -0.3 is 0 Å². The summed E-state index contributed by atoms with van der Waals surface area (Å²) in [4.78, 5) is 4.61. The molecule has 1 aliphatic rings. The van der Waals surface area contributed by atoms with Crippen molar-refractivity contribution in [3.05, 3.63) is 41.5 Å². The summed E-state index contributed by atoms with van der Waals surface area (Å²) in [5.41, 5.74) is 0. The van der Waals surface area contributed by atoms with Crippen molar-refractivity contribution in [1.29, 1.82) is 0 Å². The molecule has 1 aromatic rings. The molecule has 15 heavy (non-hydrogen) atoms. The number of morpholine rings is 1. The third-order valence-electron chi connectivity index (χ3n) is 2.26. The quantitative estimate of drug-likeness (QED) is 0.753. The van der Waals surface area contributed by atoms with E-state index in [9.17, 15) is 0 Å². The van der Waals surface area contributed by atoms with Crippen molar-refractivity contribution in [1.82, 2.24) is 4.90 Å². The van der Waals surface area contributed by atoms with E-state index < -0.39 is 0 Å². The summed E-state index contributed by atoms with van der Waals surface area (Å²) < 4.78 is 6.72. The maximum atomic E-state index is 5.29. The number of nitrogens with zero attached hydrogens (tertiary/aromatic N) is 1. The standard InChI is InChI=1S/C12H15NOSe/c1-2-4-12(5-3-1)15-11-8-13-6-9-14-10-7-13/h1-5,8,11H,6-7,9-10H2/b11-8-. The summed E-state index contributed by atoms with van der Waals surface area (Å²) >= 11 is 0.458. The van der Waals surface area contributed by atoms with Crippen LogP contribution in [0.25, 0.3) is 0 Å². The second-order valence-corrected chi connectivity index (χ2v) is 5.42. The van der Waals surface area contributed by atoms with E-state index in [1.54, 1.807) is 0 Å². The van der Waals surface area contributed by atoms with Gasteiger partial charge in [-0.2, -0.15) is 0 Å². The van der Waals surface area contributed by atoms with Crippen molar-refractivity contribution in [2.75, 3.05) is 26.3 Å². The first-order valence-corrected chi connectivity index (χ1v) is 7.00. The molecule has 0 amide bonds. The van der Waals surface area contributed by atoms with E-state index >= 15 is 0 Å². The molecule has 0 N–H and O–H groups in total. The molecule has 0 aliphatic carbocycles. The zero-order valence-electron chi connectivity index (χ0n) is 8.63. The fraction of sp³-hybridized carbons (Fsp3) is 0.333. The van der Waals surface area contributed by atoms with E-state index in [2.05, 4.69) is 46.4 Å². The van der Waals surface area contributed by atoms with Crippen molar-refractivity contribution >= 4 is 19.4 Å². The predicted molar refractivity (Wildman–Crippen MR) is 63.4 cm³/mol. The van der Waals surface area contributed by atoms with Crippen LogP contribution in [0.1, 0.15) is 0 Å². The average molecular weight is 268 g/mol. The predicted octanol–water partition coefficient (Wildman–Crippen LogP) is 0.819. The van der Waals surface area contributed by atoms with Crippen molar-refractivity contribution < 1.29 is 4.74 Å². The average Bonchev–Trinajstić information content (AvgIpc) is 2.32. The summed E-state index contributed by atoms with van der Waals surface area (Å²) in [6.45, 7) is 3.79. The number of hydrogen-bond donors (Lipinski definition) is 0. The van der Waals surface area contributed by atoms with Gasteiger partial charge in [-0.15, -0.1) is 0 Å². The van der Waals surface area contributed by atoms with Gasteiger partial charge >= 0.3 is 96.9 Å². The molecule has 2 nitrogen and oxygen atoms in total. The Morgan fingerprint density at radius 3 is 2.60 bits per heavy atom. The normalized spacial score (nSPS) is 17.2. The number of benzene rings is 1. The second-order valence-electron chi connectivity index (χ2n) is 3.36.